The van der Waals surface area contributed by atoms with Gasteiger partial charge < -0.3 is 19.7 Å². The molecule has 1 aromatic carbocycles. The van der Waals surface area contributed by atoms with Crippen LogP contribution >= 0.6 is 0 Å². The number of carboxylic acid groups (broad SMARTS) is 1. The molecule has 0 radical (unpaired) electrons. The summed E-state index contributed by atoms with van der Waals surface area (Å²) in [5.41, 5.74) is 0.107. The van der Waals surface area contributed by atoms with E-state index in [1.165, 1.54) is 25.3 Å². The average Bonchev–Trinajstić information content (AvgIpc) is 2.26. The maximum atomic E-state index is 11.3. The fourth-order valence-electron chi connectivity index (χ4n) is 1.02. The number of hydrogen-bond donors (Lipinski definition) is 2. The van der Waals surface area contributed by atoms with Crippen molar-refractivity contribution in [1.82, 2.24) is 0 Å². The van der Waals surface area contributed by atoms with Crippen LogP contribution in [0.4, 0.5) is 0 Å². The molecule has 0 saturated heterocycles. The van der Waals surface area contributed by atoms with E-state index in [2.05, 4.69) is 4.74 Å². The lowest BCUT2D eigenvalue weighted by Crippen LogP contribution is -2.13. The summed E-state index contributed by atoms with van der Waals surface area (Å²) in [6.07, 6.45) is 0. The third-order valence-electron chi connectivity index (χ3n) is 1.74. The van der Waals surface area contributed by atoms with Crippen molar-refractivity contribution in [2.24, 2.45) is 0 Å². The van der Waals surface area contributed by atoms with E-state index in [9.17, 15) is 14.7 Å². The molecule has 0 spiro atoms. The first-order valence-corrected chi connectivity index (χ1v) is 4.30. The lowest BCUT2D eigenvalue weighted by molar-refractivity contribution is -0.140. The number of carbonyl (C=O) groups is 2. The minimum Gasteiger partial charge on any atom is -0.504 e. The van der Waals surface area contributed by atoms with Crippen molar-refractivity contribution in [3.8, 4) is 11.5 Å². The Morgan fingerprint density at radius 2 is 2.06 bits per heavy atom. The van der Waals surface area contributed by atoms with E-state index in [-0.39, 0.29) is 17.1 Å². The molecule has 2 N–H and O–H groups in total. The molecule has 0 unspecified atom stereocenters. The summed E-state index contributed by atoms with van der Waals surface area (Å²) in [5.74, 6) is -2.03. The topological polar surface area (TPSA) is 93.1 Å². The second-order valence-electron chi connectivity index (χ2n) is 2.86. The molecule has 0 saturated carbocycles. The molecule has 6 nitrogen and oxygen atoms in total. The molecule has 6 heteroatoms. The first kappa shape index (κ1) is 11.8. The minimum atomic E-state index is -1.24. The second-order valence-corrected chi connectivity index (χ2v) is 2.86. The first-order chi connectivity index (χ1) is 7.54. The zero-order chi connectivity index (χ0) is 12.1. The third kappa shape index (κ3) is 2.88. The molecule has 0 amide bonds. The van der Waals surface area contributed by atoms with Gasteiger partial charge in [0.25, 0.3) is 0 Å². The number of benzene rings is 1. The van der Waals surface area contributed by atoms with Gasteiger partial charge in [-0.25, -0.2) is 9.59 Å². The van der Waals surface area contributed by atoms with Crippen LogP contribution in [0.1, 0.15) is 10.4 Å². The van der Waals surface area contributed by atoms with Crippen LogP contribution in [0, 0.1) is 0 Å². The number of esters is 1. The van der Waals surface area contributed by atoms with Crippen molar-refractivity contribution in [2.45, 2.75) is 0 Å². The van der Waals surface area contributed by atoms with Gasteiger partial charge in [-0.2, -0.15) is 0 Å². The maximum Gasteiger partial charge on any atom is 0.341 e. The first-order valence-electron chi connectivity index (χ1n) is 4.30. The molecule has 0 fully saturated rings. The highest BCUT2D eigenvalue weighted by atomic mass is 16.5. The summed E-state index contributed by atoms with van der Waals surface area (Å²) >= 11 is 0. The minimum absolute atomic E-state index is 0.107. The Balaban J connectivity index is 2.80. The molecular formula is C10H10O6. The lowest BCUT2D eigenvalue weighted by atomic mass is 10.2. The summed E-state index contributed by atoms with van der Waals surface area (Å²) in [7, 11) is 1.33. The van der Waals surface area contributed by atoms with Crippen molar-refractivity contribution in [3.63, 3.8) is 0 Å². The zero-order valence-corrected chi connectivity index (χ0v) is 8.47. The molecule has 1 aromatic rings. The monoisotopic (exact) mass is 226 g/mol. The standard InChI is InChI=1S/C10H10O6/c1-15-8-4-6(2-3-7(8)11)10(14)16-5-9(12)13/h2-4,11H,5H2,1H3,(H,12,13). The number of aliphatic carboxylic acids is 1. The Hall–Kier alpha value is -2.24. The van der Waals surface area contributed by atoms with E-state index >= 15 is 0 Å². The summed E-state index contributed by atoms with van der Waals surface area (Å²) in [4.78, 5) is 21.5. The van der Waals surface area contributed by atoms with E-state index in [0.29, 0.717) is 0 Å². The van der Waals surface area contributed by atoms with Crippen molar-refractivity contribution in [2.75, 3.05) is 13.7 Å². The van der Waals surface area contributed by atoms with Crippen LogP contribution in [0.25, 0.3) is 0 Å². The molecule has 0 aliphatic carbocycles. The molecular weight excluding hydrogens is 216 g/mol. The molecule has 86 valence electrons. The van der Waals surface area contributed by atoms with Gasteiger partial charge in [0.05, 0.1) is 12.7 Å². The zero-order valence-electron chi connectivity index (χ0n) is 8.47. The van der Waals surface area contributed by atoms with E-state index in [0.717, 1.165) is 0 Å². The highest BCUT2D eigenvalue weighted by Gasteiger charge is 2.12. The second kappa shape index (κ2) is 5.01. The lowest BCUT2D eigenvalue weighted by Gasteiger charge is -2.05. The van der Waals surface area contributed by atoms with Crippen LogP contribution < -0.4 is 4.74 Å². The summed E-state index contributed by atoms with van der Waals surface area (Å²) < 4.78 is 9.24. The van der Waals surface area contributed by atoms with Gasteiger partial charge in [0.15, 0.2) is 18.1 Å². The van der Waals surface area contributed by atoms with Gasteiger partial charge in [0.2, 0.25) is 0 Å². The Morgan fingerprint density at radius 3 is 2.62 bits per heavy atom. The number of phenolic OH excluding ortho intramolecular Hbond substituents is 1. The fraction of sp³-hybridized carbons (Fsp3) is 0.200. The molecule has 0 aromatic heterocycles. The fourth-order valence-corrected chi connectivity index (χ4v) is 1.02. The summed E-state index contributed by atoms with van der Waals surface area (Å²) in [6, 6.07) is 3.83. The number of hydrogen-bond acceptors (Lipinski definition) is 5. The van der Waals surface area contributed by atoms with E-state index in [4.69, 9.17) is 9.84 Å². The van der Waals surface area contributed by atoms with Gasteiger partial charge in [0.1, 0.15) is 0 Å². The third-order valence-corrected chi connectivity index (χ3v) is 1.74. The van der Waals surface area contributed by atoms with Crippen LogP contribution in [0.15, 0.2) is 18.2 Å². The SMILES string of the molecule is COc1cc(C(=O)OCC(=O)O)ccc1O. The van der Waals surface area contributed by atoms with Crippen molar-refractivity contribution in [1.29, 1.82) is 0 Å². The van der Waals surface area contributed by atoms with E-state index in [1.54, 1.807) is 0 Å². The van der Waals surface area contributed by atoms with Gasteiger partial charge in [-0.3, -0.25) is 0 Å². The molecule has 1 rings (SSSR count). The van der Waals surface area contributed by atoms with Crippen LogP contribution in [-0.2, 0) is 9.53 Å². The summed E-state index contributed by atoms with van der Waals surface area (Å²) in [6.45, 7) is -0.706. The van der Waals surface area contributed by atoms with Crippen molar-refractivity contribution >= 4 is 11.9 Å². The highest BCUT2D eigenvalue weighted by molar-refractivity contribution is 5.91. The number of carbonyl (C=O) groups excluding carboxylic acids is 1. The maximum absolute atomic E-state index is 11.3. The number of methoxy groups -OCH3 is 1. The number of aromatic hydroxyl groups is 1. The molecule has 0 bridgehead atoms. The number of ether oxygens (including phenoxy) is 2. The smallest absolute Gasteiger partial charge is 0.341 e. The number of carboxylic acids is 1. The molecule has 0 aliphatic heterocycles. The summed E-state index contributed by atoms with van der Waals surface area (Å²) in [5, 5.41) is 17.6. The predicted octanol–water partition coefficient (Wildman–Crippen LogP) is 0.642. The highest BCUT2D eigenvalue weighted by Crippen LogP contribution is 2.26. The number of rotatable bonds is 4. The van der Waals surface area contributed by atoms with Crippen molar-refractivity contribution in [3.05, 3.63) is 23.8 Å². The van der Waals surface area contributed by atoms with Crippen molar-refractivity contribution < 1.29 is 29.3 Å². The average molecular weight is 226 g/mol. The van der Waals surface area contributed by atoms with Gasteiger partial charge in [-0.05, 0) is 18.2 Å². The largest absolute Gasteiger partial charge is 0.504 e. The Labute approximate surface area is 91.0 Å². The van der Waals surface area contributed by atoms with E-state index < -0.39 is 18.5 Å². The van der Waals surface area contributed by atoms with Gasteiger partial charge >= 0.3 is 11.9 Å². The van der Waals surface area contributed by atoms with Gasteiger partial charge in [0, 0.05) is 0 Å². The number of phenols is 1. The molecule has 0 aliphatic rings. The molecule has 0 atom stereocenters. The molecule has 16 heavy (non-hydrogen) atoms. The van der Waals surface area contributed by atoms with Crippen LogP contribution in [0.2, 0.25) is 0 Å². The van der Waals surface area contributed by atoms with Crippen LogP contribution in [0.5, 0.6) is 11.5 Å². The Bertz CT molecular complexity index is 412. The Kier molecular flexibility index (Phi) is 3.71. The van der Waals surface area contributed by atoms with E-state index in [1.807, 2.05) is 0 Å². The van der Waals surface area contributed by atoms with Gasteiger partial charge in [-0.15, -0.1) is 0 Å². The normalized spacial score (nSPS) is 9.56. The Morgan fingerprint density at radius 1 is 1.38 bits per heavy atom. The van der Waals surface area contributed by atoms with Crippen LogP contribution in [0.3, 0.4) is 0 Å². The quantitative estimate of drug-likeness (QED) is 0.732. The predicted molar refractivity (Wildman–Crippen MR) is 52.6 cm³/mol. The van der Waals surface area contributed by atoms with Crippen LogP contribution in [-0.4, -0.2) is 35.9 Å². The molecule has 0 heterocycles. The van der Waals surface area contributed by atoms with Gasteiger partial charge in [-0.1, -0.05) is 0 Å².